The first-order chi connectivity index (χ1) is 14.8. The van der Waals surface area contributed by atoms with Crippen molar-refractivity contribution >= 4 is 50.4 Å². The van der Waals surface area contributed by atoms with Crippen LogP contribution in [0, 0.1) is 0 Å². The van der Waals surface area contributed by atoms with Gasteiger partial charge < -0.3 is 14.5 Å². The largest absolute Gasteiger partial charge is 0.391 e. The number of ether oxygens (including phenoxy) is 1. The summed E-state index contributed by atoms with van der Waals surface area (Å²) in [7, 11) is 0. The van der Waals surface area contributed by atoms with E-state index in [1.54, 1.807) is 23.6 Å². The molecular formula is C19H18N6O3S2. The van der Waals surface area contributed by atoms with Crippen LogP contribution in [-0.2, 0) is 9.53 Å². The first-order valence-electron chi connectivity index (χ1n) is 9.44. The van der Waals surface area contributed by atoms with Crippen molar-refractivity contribution in [2.45, 2.75) is 10.4 Å². The number of carbonyl (C=O) groups excluding carboxylic acids is 1. The molecule has 1 saturated heterocycles. The fourth-order valence-corrected chi connectivity index (χ4v) is 5.13. The molecule has 154 valence electrons. The summed E-state index contributed by atoms with van der Waals surface area (Å²) in [6.07, 6.45) is 1.42. The molecule has 1 aromatic carbocycles. The molecule has 30 heavy (non-hydrogen) atoms. The zero-order chi connectivity index (χ0) is 20.3. The van der Waals surface area contributed by atoms with E-state index in [1.165, 1.54) is 16.6 Å². The molecule has 1 aliphatic rings. The number of hydrogen-bond acceptors (Lipinski definition) is 9. The number of para-hydroxylation sites is 1. The van der Waals surface area contributed by atoms with Gasteiger partial charge in [0.1, 0.15) is 18.2 Å². The van der Waals surface area contributed by atoms with Gasteiger partial charge >= 0.3 is 0 Å². The van der Waals surface area contributed by atoms with Gasteiger partial charge in [0.05, 0.1) is 29.1 Å². The predicted octanol–water partition coefficient (Wildman–Crippen LogP) is 1.88. The minimum atomic E-state index is -0.238. The van der Waals surface area contributed by atoms with Crippen molar-refractivity contribution < 1.29 is 14.4 Å². The van der Waals surface area contributed by atoms with E-state index in [1.807, 2.05) is 35.2 Å². The molecule has 0 saturated carbocycles. The van der Waals surface area contributed by atoms with Gasteiger partial charge in [-0.05, 0) is 29.5 Å². The summed E-state index contributed by atoms with van der Waals surface area (Å²) in [5.41, 5.74) is 2.18. The molecule has 0 N–H and O–H groups in total. The van der Waals surface area contributed by atoms with Crippen LogP contribution in [0.15, 0.2) is 46.9 Å². The number of fused-ring (bicyclic) bond motifs is 2. The van der Waals surface area contributed by atoms with Gasteiger partial charge in [0, 0.05) is 12.7 Å². The van der Waals surface area contributed by atoms with Crippen LogP contribution in [0.2, 0.25) is 0 Å². The molecule has 1 amide bonds. The van der Waals surface area contributed by atoms with E-state index in [0.29, 0.717) is 36.6 Å². The van der Waals surface area contributed by atoms with Crippen molar-refractivity contribution in [2.24, 2.45) is 0 Å². The van der Waals surface area contributed by atoms with Crippen LogP contribution in [0.25, 0.3) is 21.4 Å². The van der Waals surface area contributed by atoms with Gasteiger partial charge in [-0.3, -0.25) is 4.79 Å². The molecule has 0 spiro atoms. The van der Waals surface area contributed by atoms with Crippen molar-refractivity contribution in [3.05, 3.63) is 42.6 Å². The zero-order valence-electron chi connectivity index (χ0n) is 15.9. The van der Waals surface area contributed by atoms with E-state index in [0.717, 1.165) is 14.6 Å². The highest BCUT2D eigenvalue weighted by molar-refractivity contribution is 8.01. The third kappa shape index (κ3) is 4.09. The standard InChI is InChI=1S/C19H18N6O3S2/c26-17(12-29-19-21-14-4-1-2-6-16(14)30-19)24-8-9-27-13(10-24)11-28-25-18-15(22-23-25)5-3-7-20-18/h1-7,13H,8-12H2. The molecule has 0 radical (unpaired) electrons. The normalized spacial score (nSPS) is 16.9. The third-order valence-corrected chi connectivity index (χ3v) is 6.81. The number of aromatic nitrogens is 5. The van der Waals surface area contributed by atoms with E-state index >= 15 is 0 Å². The Bertz CT molecular complexity index is 1150. The topological polar surface area (TPSA) is 95.3 Å². The lowest BCUT2D eigenvalue weighted by atomic mass is 10.3. The van der Waals surface area contributed by atoms with Crippen molar-refractivity contribution in [3.63, 3.8) is 0 Å². The fraction of sp³-hybridized carbons (Fsp3) is 0.316. The maximum atomic E-state index is 12.7. The van der Waals surface area contributed by atoms with Crippen LogP contribution in [0.3, 0.4) is 0 Å². The molecule has 1 fully saturated rings. The molecular weight excluding hydrogens is 424 g/mol. The Morgan fingerprint density at radius 1 is 1.27 bits per heavy atom. The Balaban J connectivity index is 1.15. The van der Waals surface area contributed by atoms with Crippen LogP contribution in [-0.4, -0.2) is 74.1 Å². The summed E-state index contributed by atoms with van der Waals surface area (Å²) in [4.78, 5) is 30.3. The Hall–Kier alpha value is -2.76. The first kappa shape index (κ1) is 19.2. The number of hydrogen-bond donors (Lipinski definition) is 0. The molecule has 0 aliphatic carbocycles. The van der Waals surface area contributed by atoms with E-state index in [9.17, 15) is 4.79 Å². The Morgan fingerprint density at radius 2 is 2.17 bits per heavy atom. The lowest BCUT2D eigenvalue weighted by molar-refractivity contribution is -0.138. The SMILES string of the molecule is O=C(CSc1nc2ccccc2s1)N1CCOC(COn2nnc3cccnc32)C1. The van der Waals surface area contributed by atoms with E-state index in [-0.39, 0.29) is 18.6 Å². The Kier molecular flexibility index (Phi) is 5.47. The lowest BCUT2D eigenvalue weighted by Gasteiger charge is -2.32. The number of thiazole rings is 1. The van der Waals surface area contributed by atoms with Crippen molar-refractivity contribution in [3.8, 4) is 0 Å². The average Bonchev–Trinajstić information content (AvgIpc) is 3.40. The number of morpholine rings is 1. The second-order valence-electron chi connectivity index (χ2n) is 6.67. The van der Waals surface area contributed by atoms with Crippen LogP contribution in [0.4, 0.5) is 0 Å². The molecule has 0 bridgehead atoms. The second-order valence-corrected chi connectivity index (χ2v) is 8.93. The summed E-state index contributed by atoms with van der Waals surface area (Å²) >= 11 is 3.08. The minimum absolute atomic E-state index is 0.0698. The first-order valence-corrected chi connectivity index (χ1v) is 11.2. The summed E-state index contributed by atoms with van der Waals surface area (Å²) in [6, 6.07) is 11.6. The Labute approximate surface area is 180 Å². The predicted molar refractivity (Wildman–Crippen MR) is 113 cm³/mol. The molecule has 3 aromatic heterocycles. The number of amides is 1. The lowest BCUT2D eigenvalue weighted by Crippen LogP contribution is -2.48. The van der Waals surface area contributed by atoms with Gasteiger partial charge in [0.2, 0.25) is 11.6 Å². The van der Waals surface area contributed by atoms with Gasteiger partial charge in [0.25, 0.3) is 0 Å². The van der Waals surface area contributed by atoms with Crippen LogP contribution >= 0.6 is 23.1 Å². The summed E-state index contributed by atoms with van der Waals surface area (Å²) in [5, 5.41) is 7.96. The van der Waals surface area contributed by atoms with Gasteiger partial charge in [-0.1, -0.05) is 28.7 Å². The smallest absolute Gasteiger partial charge is 0.233 e. The highest BCUT2D eigenvalue weighted by Crippen LogP contribution is 2.29. The van der Waals surface area contributed by atoms with E-state index < -0.39 is 0 Å². The number of benzene rings is 1. The average molecular weight is 443 g/mol. The van der Waals surface area contributed by atoms with E-state index in [4.69, 9.17) is 9.57 Å². The number of rotatable bonds is 6. The number of nitrogens with zero attached hydrogens (tertiary/aromatic N) is 6. The minimum Gasteiger partial charge on any atom is -0.391 e. The number of pyridine rings is 1. The van der Waals surface area contributed by atoms with Crippen molar-refractivity contribution in [1.82, 2.24) is 30.0 Å². The van der Waals surface area contributed by atoms with Gasteiger partial charge in [0.15, 0.2) is 4.34 Å². The Morgan fingerprint density at radius 3 is 3.10 bits per heavy atom. The molecule has 5 rings (SSSR count). The summed E-state index contributed by atoms with van der Waals surface area (Å²) < 4.78 is 7.79. The van der Waals surface area contributed by atoms with Crippen LogP contribution in [0.5, 0.6) is 0 Å². The van der Waals surface area contributed by atoms with Gasteiger partial charge in [-0.15, -0.1) is 16.4 Å². The molecule has 1 atom stereocenters. The molecule has 4 aromatic rings. The van der Waals surface area contributed by atoms with Crippen molar-refractivity contribution in [2.75, 3.05) is 32.1 Å². The second kappa shape index (κ2) is 8.54. The number of carbonyl (C=O) groups is 1. The third-order valence-electron chi connectivity index (χ3n) is 4.65. The summed E-state index contributed by atoms with van der Waals surface area (Å²) in [6.45, 7) is 1.77. The fourth-order valence-electron chi connectivity index (χ4n) is 3.16. The molecule has 4 heterocycles. The molecule has 11 heteroatoms. The maximum absolute atomic E-state index is 12.7. The highest BCUT2D eigenvalue weighted by atomic mass is 32.2. The highest BCUT2D eigenvalue weighted by Gasteiger charge is 2.25. The maximum Gasteiger partial charge on any atom is 0.233 e. The van der Waals surface area contributed by atoms with Gasteiger partial charge in [-0.2, -0.15) is 0 Å². The number of thioether (sulfide) groups is 1. The van der Waals surface area contributed by atoms with Crippen LogP contribution < -0.4 is 4.84 Å². The van der Waals surface area contributed by atoms with Gasteiger partial charge in [-0.25, -0.2) is 9.97 Å². The molecule has 1 unspecified atom stereocenters. The summed E-state index contributed by atoms with van der Waals surface area (Å²) in [5.74, 6) is 0.422. The monoisotopic (exact) mass is 442 g/mol. The van der Waals surface area contributed by atoms with Crippen LogP contribution in [0.1, 0.15) is 0 Å². The van der Waals surface area contributed by atoms with Crippen molar-refractivity contribution in [1.29, 1.82) is 0 Å². The quantitative estimate of drug-likeness (QED) is 0.418. The zero-order valence-corrected chi connectivity index (χ0v) is 17.5. The molecule has 9 nitrogen and oxygen atoms in total. The van der Waals surface area contributed by atoms with E-state index in [2.05, 4.69) is 20.3 Å². The molecule has 1 aliphatic heterocycles.